The van der Waals surface area contributed by atoms with E-state index in [0.29, 0.717) is 0 Å². The van der Waals surface area contributed by atoms with Crippen molar-refractivity contribution in [3.05, 3.63) is 166 Å². The van der Waals surface area contributed by atoms with Crippen LogP contribution in [0.4, 0.5) is 0 Å². The minimum Gasteiger partial charge on any atom is -0.456 e. The van der Waals surface area contributed by atoms with Crippen molar-refractivity contribution < 1.29 is 4.42 Å². The van der Waals surface area contributed by atoms with E-state index in [1.165, 1.54) is 22.3 Å². The summed E-state index contributed by atoms with van der Waals surface area (Å²) in [5.41, 5.74) is 18.4. The number of nitrogens with zero attached hydrogens (tertiary/aromatic N) is 2. The lowest BCUT2D eigenvalue weighted by atomic mass is 10.0. The maximum Gasteiger partial charge on any atom is 0.137 e. The smallest absolute Gasteiger partial charge is 0.137 e. The lowest BCUT2D eigenvalue weighted by molar-refractivity contribution is 0.668. The minimum atomic E-state index is 0.773. The molecule has 7 aromatic rings. The Labute approximate surface area is 308 Å². The summed E-state index contributed by atoms with van der Waals surface area (Å²) in [5.74, 6) is 0. The molecule has 0 unspecified atom stereocenters. The van der Waals surface area contributed by atoms with Crippen molar-refractivity contribution in [3.63, 3.8) is 0 Å². The van der Waals surface area contributed by atoms with Gasteiger partial charge in [-0.25, -0.2) is 9.97 Å². The second kappa shape index (κ2) is 12.9. The van der Waals surface area contributed by atoms with E-state index < -0.39 is 0 Å². The highest BCUT2D eigenvalue weighted by atomic mass is 32.1. The first-order valence-electron chi connectivity index (χ1n) is 17.6. The van der Waals surface area contributed by atoms with Crippen molar-refractivity contribution in [2.24, 2.45) is 0 Å². The molecule has 0 saturated heterocycles. The highest BCUT2D eigenvalue weighted by Gasteiger charge is 2.20. The van der Waals surface area contributed by atoms with Crippen LogP contribution in [0.25, 0.3) is 89.4 Å². The Kier molecular flexibility index (Phi) is 7.90. The number of furan rings is 1. The molecule has 4 aromatic carbocycles. The standard InChI is InChI=1S/C48H36N2OS/c1-29-5-13-33(14-6-29)45-37-21-23-39(49-37)46(34-15-7-30(2)8-16-34)41-25-26-42(51-41)48(36-19-11-32(4)12-20-36)44-28-27-43(52-44)47(40-24-22-38(45)50-40)35-17-9-31(3)10-18-35/h5-28H,1-4H3. The second-order valence-electron chi connectivity index (χ2n) is 13.7. The lowest BCUT2D eigenvalue weighted by Gasteiger charge is -2.07. The van der Waals surface area contributed by atoms with Gasteiger partial charge in [0.2, 0.25) is 0 Å². The zero-order valence-corrected chi connectivity index (χ0v) is 30.4. The first-order chi connectivity index (χ1) is 25.4. The average molecular weight is 689 g/mol. The summed E-state index contributed by atoms with van der Waals surface area (Å²) in [4.78, 5) is 10.8. The van der Waals surface area contributed by atoms with Crippen LogP contribution in [0.3, 0.4) is 0 Å². The highest BCUT2D eigenvalue weighted by molar-refractivity contribution is 7.24. The fourth-order valence-corrected chi connectivity index (χ4v) is 8.20. The number of fused-ring (bicyclic) bond motifs is 8. The summed E-state index contributed by atoms with van der Waals surface area (Å²) in [6, 6.07) is 43.4. The molecule has 0 amide bonds. The van der Waals surface area contributed by atoms with Gasteiger partial charge in [0.15, 0.2) is 0 Å². The van der Waals surface area contributed by atoms with Gasteiger partial charge < -0.3 is 4.42 Å². The summed E-state index contributed by atoms with van der Waals surface area (Å²) >= 11 is 1.77. The van der Waals surface area contributed by atoms with Crippen molar-refractivity contribution in [1.29, 1.82) is 0 Å². The van der Waals surface area contributed by atoms with Crippen molar-refractivity contribution in [1.82, 2.24) is 9.97 Å². The van der Waals surface area contributed by atoms with E-state index in [2.05, 4.69) is 173 Å². The fraction of sp³-hybridized carbons (Fsp3) is 0.0833. The van der Waals surface area contributed by atoms with Gasteiger partial charge in [0, 0.05) is 26.1 Å². The van der Waals surface area contributed by atoms with Gasteiger partial charge in [-0.05, 0) is 98.5 Å². The SMILES string of the molecule is Cc1ccc(-c2c3nc(c(-c4ccc(C)cc4)c4ccc(o4)c(-c4ccc(C)cc4)c4ccc(s4)c(-c4ccc(C)cc4)c4nc2C=C4)C=C3)cc1. The van der Waals surface area contributed by atoms with Crippen LogP contribution in [-0.4, -0.2) is 9.97 Å². The predicted octanol–water partition coefficient (Wildman–Crippen LogP) is 13.6. The highest BCUT2D eigenvalue weighted by Crippen LogP contribution is 2.42. The number of aryl methyl sites for hydroxylation is 4. The van der Waals surface area contributed by atoms with Crippen LogP contribution in [0, 0.1) is 27.7 Å². The Morgan fingerprint density at radius 2 is 0.673 bits per heavy atom. The Morgan fingerprint density at radius 1 is 0.346 bits per heavy atom. The summed E-state index contributed by atoms with van der Waals surface area (Å²) in [6.07, 6.45) is 8.54. The Hall–Kier alpha value is -6.10. The number of hydrogen-bond donors (Lipinski definition) is 0. The number of aromatic nitrogens is 2. The first-order valence-corrected chi connectivity index (χ1v) is 18.5. The van der Waals surface area contributed by atoms with Gasteiger partial charge in [-0.1, -0.05) is 119 Å². The molecule has 5 heterocycles. The number of rotatable bonds is 4. The molecule has 0 N–H and O–H groups in total. The van der Waals surface area contributed by atoms with Crippen LogP contribution in [0.1, 0.15) is 45.0 Å². The van der Waals surface area contributed by atoms with E-state index in [1.807, 2.05) is 0 Å². The molecular weight excluding hydrogens is 653 g/mol. The monoisotopic (exact) mass is 688 g/mol. The van der Waals surface area contributed by atoms with Crippen molar-refractivity contribution >= 4 is 56.2 Å². The number of thiophene rings is 1. The van der Waals surface area contributed by atoms with E-state index in [9.17, 15) is 0 Å². The first kappa shape index (κ1) is 31.9. The van der Waals surface area contributed by atoms with Gasteiger partial charge in [0.25, 0.3) is 0 Å². The third-order valence-electron chi connectivity index (χ3n) is 9.86. The van der Waals surface area contributed by atoms with Crippen LogP contribution in [0.5, 0.6) is 0 Å². The van der Waals surface area contributed by atoms with Gasteiger partial charge in [-0.15, -0.1) is 11.3 Å². The molecule has 3 nitrogen and oxygen atoms in total. The molecule has 9 rings (SSSR count). The molecule has 4 heteroatoms. The number of benzene rings is 4. The van der Waals surface area contributed by atoms with Crippen LogP contribution in [0.2, 0.25) is 0 Å². The minimum absolute atomic E-state index is 0.773. The summed E-state index contributed by atoms with van der Waals surface area (Å²) in [5, 5.41) is 0. The summed E-state index contributed by atoms with van der Waals surface area (Å²) in [6.45, 7) is 8.48. The van der Waals surface area contributed by atoms with Crippen LogP contribution < -0.4 is 0 Å². The predicted molar refractivity (Wildman–Crippen MR) is 221 cm³/mol. The average Bonchev–Trinajstić information content (AvgIpc) is 3.99. The van der Waals surface area contributed by atoms with E-state index >= 15 is 0 Å². The van der Waals surface area contributed by atoms with E-state index in [4.69, 9.17) is 14.4 Å². The zero-order valence-electron chi connectivity index (χ0n) is 29.6. The fourth-order valence-electron chi connectivity index (χ4n) is 7.04. The molecule has 52 heavy (non-hydrogen) atoms. The molecular formula is C48H36N2OS. The zero-order chi connectivity index (χ0) is 35.3. The molecule has 0 saturated carbocycles. The molecule has 0 spiro atoms. The normalized spacial score (nSPS) is 12.1. The summed E-state index contributed by atoms with van der Waals surface area (Å²) < 4.78 is 9.22. The second-order valence-corrected chi connectivity index (χ2v) is 14.8. The van der Waals surface area contributed by atoms with E-state index in [-0.39, 0.29) is 0 Å². The van der Waals surface area contributed by atoms with E-state index in [1.54, 1.807) is 11.3 Å². The van der Waals surface area contributed by atoms with Crippen LogP contribution in [0.15, 0.2) is 126 Å². The summed E-state index contributed by atoms with van der Waals surface area (Å²) in [7, 11) is 0. The number of hydrogen-bond acceptors (Lipinski definition) is 4. The molecule has 0 fully saturated rings. The molecule has 0 atom stereocenters. The third-order valence-corrected chi connectivity index (χ3v) is 11.0. The largest absolute Gasteiger partial charge is 0.456 e. The molecule has 8 bridgehead atoms. The Balaban J connectivity index is 1.47. The van der Waals surface area contributed by atoms with Crippen molar-refractivity contribution in [3.8, 4) is 44.5 Å². The maximum atomic E-state index is 6.95. The Morgan fingerprint density at radius 3 is 1.13 bits per heavy atom. The molecule has 2 aliphatic rings. The molecule has 250 valence electrons. The van der Waals surface area contributed by atoms with Gasteiger partial charge in [-0.3, -0.25) is 0 Å². The molecule has 2 aliphatic heterocycles. The van der Waals surface area contributed by atoms with Gasteiger partial charge in [0.1, 0.15) is 11.2 Å². The van der Waals surface area contributed by atoms with Crippen LogP contribution >= 0.6 is 11.3 Å². The molecule has 0 aliphatic carbocycles. The topological polar surface area (TPSA) is 38.9 Å². The quantitative estimate of drug-likeness (QED) is 0.185. The third kappa shape index (κ3) is 5.81. The van der Waals surface area contributed by atoms with Crippen LogP contribution in [-0.2, 0) is 0 Å². The van der Waals surface area contributed by atoms with E-state index in [0.717, 1.165) is 87.8 Å². The molecule has 0 radical (unpaired) electrons. The maximum absolute atomic E-state index is 6.95. The van der Waals surface area contributed by atoms with Crippen molar-refractivity contribution in [2.75, 3.05) is 0 Å². The lowest BCUT2D eigenvalue weighted by Crippen LogP contribution is -1.91. The van der Waals surface area contributed by atoms with Gasteiger partial charge >= 0.3 is 0 Å². The van der Waals surface area contributed by atoms with Gasteiger partial charge in [0.05, 0.1) is 28.3 Å². The van der Waals surface area contributed by atoms with Gasteiger partial charge in [-0.2, -0.15) is 0 Å². The Bertz CT molecular complexity index is 2580. The van der Waals surface area contributed by atoms with Crippen molar-refractivity contribution in [2.45, 2.75) is 27.7 Å². The molecule has 3 aromatic heterocycles.